The van der Waals surface area contributed by atoms with Crippen molar-refractivity contribution >= 4 is 48.1 Å². The number of halogens is 2. The van der Waals surface area contributed by atoms with E-state index < -0.39 is 20.8 Å². The molecule has 0 nitrogen and oxygen atoms in total. The largest absolute Gasteiger partial charge is 0.168 e. The van der Waals surface area contributed by atoms with Gasteiger partial charge in [-0.25, -0.2) is 0 Å². The molecule has 0 amide bonds. The Balaban J connectivity index is 0.000000305. The number of unbranched alkanes of at least 4 members (excludes halogenated alkanes) is 4. The molecule has 210 valence electrons. The molecular weight excluding hydrogens is 623 g/mol. The number of benzene rings is 3. The molecular formula is C36H44Cl2SiZr. The first-order valence-electron chi connectivity index (χ1n) is 14.5. The summed E-state index contributed by atoms with van der Waals surface area (Å²) in [5, 5.41) is 5.46. The summed E-state index contributed by atoms with van der Waals surface area (Å²) in [4.78, 5) is 0. The van der Waals surface area contributed by atoms with E-state index in [0.717, 1.165) is 9.52 Å². The summed E-state index contributed by atoms with van der Waals surface area (Å²) in [5.74, 6) is 0. The third-order valence-electron chi connectivity index (χ3n) is 6.76. The van der Waals surface area contributed by atoms with Crippen molar-refractivity contribution < 1.29 is 20.8 Å². The van der Waals surface area contributed by atoms with E-state index in [9.17, 15) is 0 Å². The molecule has 0 aromatic heterocycles. The van der Waals surface area contributed by atoms with Gasteiger partial charge in [0, 0.05) is 9.52 Å². The van der Waals surface area contributed by atoms with Crippen molar-refractivity contribution in [3.8, 4) is 11.1 Å². The van der Waals surface area contributed by atoms with Crippen molar-refractivity contribution in [1.29, 1.82) is 0 Å². The minimum absolute atomic E-state index is 0.826. The Morgan fingerprint density at radius 1 is 0.725 bits per heavy atom. The van der Waals surface area contributed by atoms with Crippen LogP contribution in [0, 0.1) is 0 Å². The summed E-state index contributed by atoms with van der Waals surface area (Å²) in [5.41, 5.74) is 5.67. The summed E-state index contributed by atoms with van der Waals surface area (Å²) in [7, 11) is 11.0. The van der Waals surface area contributed by atoms with Gasteiger partial charge in [0.1, 0.15) is 0 Å². The van der Waals surface area contributed by atoms with Crippen molar-refractivity contribution in [2.75, 3.05) is 0 Å². The van der Waals surface area contributed by atoms with Crippen LogP contribution in [-0.2, 0) is 33.7 Å². The maximum absolute atomic E-state index is 4.93. The fourth-order valence-electron chi connectivity index (χ4n) is 4.75. The van der Waals surface area contributed by atoms with Gasteiger partial charge in [0.05, 0.1) is 0 Å². The number of hydrogen-bond donors (Lipinski definition) is 0. The van der Waals surface area contributed by atoms with E-state index in [1.54, 1.807) is 0 Å². The second kappa shape index (κ2) is 21.3. The van der Waals surface area contributed by atoms with Crippen LogP contribution >= 0.6 is 17.0 Å². The monoisotopic (exact) mass is 664 g/mol. The molecule has 0 bridgehead atoms. The smallest absolute Gasteiger partial charge is 0.0809 e. The minimum Gasteiger partial charge on any atom is -0.168 e. The molecule has 0 spiro atoms. The first kappa shape index (κ1) is 34.8. The number of fused-ring (bicyclic) bond motifs is 2. The first-order valence-corrected chi connectivity index (χ1v) is 22.9. The zero-order chi connectivity index (χ0) is 29.0. The third-order valence-corrected chi connectivity index (χ3v) is 6.76. The van der Waals surface area contributed by atoms with E-state index in [-0.39, 0.29) is 0 Å². The molecule has 0 aliphatic rings. The molecule has 0 unspecified atom stereocenters. The Labute approximate surface area is 264 Å². The van der Waals surface area contributed by atoms with Crippen molar-refractivity contribution in [3.05, 3.63) is 108 Å². The van der Waals surface area contributed by atoms with E-state index in [1.165, 1.54) is 95.2 Å². The maximum atomic E-state index is 4.93. The van der Waals surface area contributed by atoms with E-state index in [1.807, 2.05) is 0 Å². The van der Waals surface area contributed by atoms with Gasteiger partial charge >= 0.3 is 37.9 Å². The van der Waals surface area contributed by atoms with Crippen LogP contribution in [0.2, 0.25) is 13.1 Å². The van der Waals surface area contributed by atoms with Gasteiger partial charge in [0.2, 0.25) is 0 Å². The van der Waals surface area contributed by atoms with Gasteiger partial charge < -0.3 is 0 Å². The van der Waals surface area contributed by atoms with Crippen LogP contribution in [0.5, 0.6) is 0 Å². The molecule has 0 aliphatic heterocycles. The molecule has 4 heteroatoms. The quantitative estimate of drug-likeness (QED) is 0.0834. The number of rotatable bonds is 9. The van der Waals surface area contributed by atoms with Gasteiger partial charge in [-0.15, -0.1) is 64.2 Å². The average Bonchev–Trinajstić information content (AvgIpc) is 3.63. The van der Waals surface area contributed by atoms with Crippen LogP contribution in [-0.4, -0.2) is 9.52 Å². The topological polar surface area (TPSA) is 0 Å². The summed E-state index contributed by atoms with van der Waals surface area (Å²) in [6.45, 7) is 8.83. The molecule has 0 fully saturated rings. The van der Waals surface area contributed by atoms with E-state index in [4.69, 9.17) is 17.0 Å². The van der Waals surface area contributed by atoms with Crippen LogP contribution in [0.15, 0.2) is 97.1 Å². The van der Waals surface area contributed by atoms with Gasteiger partial charge in [0.25, 0.3) is 0 Å². The summed E-state index contributed by atoms with van der Waals surface area (Å²) < 4.78 is 0. The number of hydrogen-bond acceptors (Lipinski definition) is 0. The molecule has 0 aliphatic carbocycles. The predicted molar refractivity (Wildman–Crippen MR) is 180 cm³/mol. The van der Waals surface area contributed by atoms with Crippen LogP contribution in [0.1, 0.15) is 63.5 Å². The van der Waals surface area contributed by atoms with Crippen LogP contribution in [0.4, 0.5) is 0 Å². The molecule has 2 radical (unpaired) electrons. The fraction of sp³-hybridized carbons (Fsp3) is 0.333. The van der Waals surface area contributed by atoms with Crippen LogP contribution in [0.3, 0.4) is 0 Å². The predicted octanol–water partition coefficient (Wildman–Crippen LogP) is 12.4. The normalized spacial score (nSPS) is 10.1. The second-order valence-corrected chi connectivity index (χ2v) is 14.7. The van der Waals surface area contributed by atoms with Gasteiger partial charge in [-0.1, -0.05) is 101 Å². The van der Waals surface area contributed by atoms with Crippen molar-refractivity contribution in [3.63, 3.8) is 0 Å². The Morgan fingerprint density at radius 3 is 2.08 bits per heavy atom. The van der Waals surface area contributed by atoms with Crippen LogP contribution < -0.4 is 0 Å². The molecule has 5 rings (SSSR count). The molecule has 40 heavy (non-hydrogen) atoms. The Morgan fingerprint density at radius 2 is 1.40 bits per heavy atom. The maximum Gasteiger partial charge on any atom is -0.0809 e. The summed E-state index contributed by atoms with van der Waals surface area (Å²) in [6.07, 6.45) is 10.3. The average molecular weight is 667 g/mol. The Bertz CT molecular complexity index is 1290. The fourth-order valence-corrected chi connectivity index (χ4v) is 4.75. The van der Waals surface area contributed by atoms with Crippen molar-refractivity contribution in [1.82, 2.24) is 0 Å². The minimum atomic E-state index is -0.826. The van der Waals surface area contributed by atoms with Crippen molar-refractivity contribution in [2.45, 2.75) is 78.3 Å². The van der Waals surface area contributed by atoms with Gasteiger partial charge in [-0.2, -0.15) is 23.6 Å². The van der Waals surface area contributed by atoms with Gasteiger partial charge in [0.15, 0.2) is 0 Å². The van der Waals surface area contributed by atoms with Gasteiger partial charge in [-0.3, -0.25) is 0 Å². The van der Waals surface area contributed by atoms with E-state index in [0.29, 0.717) is 0 Å². The molecule has 0 saturated heterocycles. The standard InChI is InChI=1S/C25H31.C9H7.C2H6Si.2ClH.Zr/c1-3-5-7-8-11-21-18-23-12-9-13-24(25(23)19-21)22-16-14-20(15-17-22)10-6-4-2;1-2-5-9-7-3-6-8(9)4-1;1-3-2;;;/h9,12-19H,3-8,10-11H2,1-2H3;1-7H;1-2H3;2*1H;/q2*-1;;;;+4/p-2. The second-order valence-electron chi connectivity index (χ2n) is 10.0. The molecule has 0 saturated carbocycles. The molecule has 5 aromatic carbocycles. The Kier molecular flexibility index (Phi) is 18.5. The molecule has 5 aromatic rings. The van der Waals surface area contributed by atoms with E-state index in [2.05, 4.69) is 124 Å². The molecule has 0 heterocycles. The van der Waals surface area contributed by atoms with Gasteiger partial charge in [-0.05, 0) is 30.4 Å². The molecule has 0 N–H and O–H groups in total. The SMILES string of the molecule is CCCCCCc1cc2c(-c3ccc(CCCC)cc3)cccc2[cH-]1.C[Si]C.[Cl][Zr+2][Cl].c1ccc2[cH-]ccc2c1. The Hall–Kier alpha value is -1.44. The third kappa shape index (κ3) is 12.2. The first-order chi connectivity index (χ1) is 19.6. The zero-order valence-corrected chi connectivity index (χ0v) is 29.6. The summed E-state index contributed by atoms with van der Waals surface area (Å²) in [6, 6.07) is 35.4. The summed E-state index contributed by atoms with van der Waals surface area (Å²) >= 11 is -0.826. The molecule has 0 atom stereocenters. The van der Waals surface area contributed by atoms with Crippen LogP contribution in [0.25, 0.3) is 32.7 Å². The zero-order valence-electron chi connectivity index (χ0n) is 24.7. The van der Waals surface area contributed by atoms with Crippen molar-refractivity contribution in [2.24, 2.45) is 0 Å². The van der Waals surface area contributed by atoms with E-state index >= 15 is 0 Å². The number of aryl methyl sites for hydroxylation is 2.